The number of nitrogens with zero attached hydrogens (tertiary/aromatic N) is 2. The molecule has 2 aromatic heterocycles. The number of anilines is 1. The van der Waals surface area contributed by atoms with Gasteiger partial charge in [-0.25, -0.2) is 4.98 Å². The summed E-state index contributed by atoms with van der Waals surface area (Å²) in [6.45, 7) is 1.76. The van der Waals surface area contributed by atoms with E-state index in [1.54, 1.807) is 24.6 Å². The molecule has 0 radical (unpaired) electrons. The lowest BCUT2D eigenvalue weighted by molar-refractivity contribution is 0.102. The molecule has 0 bridgehead atoms. The van der Waals surface area contributed by atoms with Crippen molar-refractivity contribution in [2.45, 2.75) is 6.92 Å². The van der Waals surface area contributed by atoms with Crippen molar-refractivity contribution in [3.05, 3.63) is 28.4 Å². The van der Waals surface area contributed by atoms with E-state index in [9.17, 15) is 4.79 Å². The van der Waals surface area contributed by atoms with Crippen molar-refractivity contribution in [1.29, 1.82) is 0 Å². The lowest BCUT2D eigenvalue weighted by Gasteiger charge is -1.94. The summed E-state index contributed by atoms with van der Waals surface area (Å²) < 4.78 is 4.80. The van der Waals surface area contributed by atoms with Crippen LogP contribution in [0.5, 0.6) is 0 Å². The van der Waals surface area contributed by atoms with Crippen molar-refractivity contribution >= 4 is 23.1 Å². The third-order valence-electron chi connectivity index (χ3n) is 1.50. The smallest absolute Gasteiger partial charge is 0.285 e. The van der Waals surface area contributed by atoms with Crippen molar-refractivity contribution in [3.8, 4) is 0 Å². The highest BCUT2D eigenvalue weighted by molar-refractivity contribution is 7.11. The molecule has 0 saturated carbocycles. The molecule has 0 unspecified atom stereocenters. The molecule has 5 nitrogen and oxygen atoms in total. The van der Waals surface area contributed by atoms with Gasteiger partial charge in [0, 0.05) is 17.6 Å². The second-order valence-electron chi connectivity index (χ2n) is 2.61. The van der Waals surface area contributed by atoms with Crippen molar-refractivity contribution in [1.82, 2.24) is 10.1 Å². The van der Waals surface area contributed by atoms with E-state index in [1.165, 1.54) is 11.3 Å². The predicted octanol–water partition coefficient (Wildman–Crippen LogP) is 1.69. The number of hydrogen-bond acceptors (Lipinski definition) is 5. The highest BCUT2D eigenvalue weighted by atomic mass is 32.1. The zero-order chi connectivity index (χ0) is 9.97. The zero-order valence-corrected chi connectivity index (χ0v) is 8.17. The molecule has 0 saturated heterocycles. The number of amides is 1. The van der Waals surface area contributed by atoms with Crippen LogP contribution in [0.1, 0.15) is 15.6 Å². The first-order valence-electron chi connectivity index (χ1n) is 3.90. The molecule has 0 atom stereocenters. The molecule has 0 aliphatic carbocycles. The highest BCUT2D eigenvalue weighted by Crippen LogP contribution is 2.10. The van der Waals surface area contributed by atoms with Gasteiger partial charge in [0.25, 0.3) is 5.91 Å². The summed E-state index contributed by atoms with van der Waals surface area (Å²) in [5, 5.41) is 8.35. The lowest BCUT2D eigenvalue weighted by Crippen LogP contribution is -2.11. The molecule has 14 heavy (non-hydrogen) atoms. The van der Waals surface area contributed by atoms with Crippen LogP contribution in [0.25, 0.3) is 0 Å². The van der Waals surface area contributed by atoms with Gasteiger partial charge in [-0.15, -0.1) is 11.3 Å². The molecule has 72 valence electrons. The SMILES string of the molecule is Cc1cc(NC(=O)c2nccs2)no1. The quantitative estimate of drug-likeness (QED) is 0.817. The number of aryl methyl sites for hydroxylation is 1. The number of carbonyl (C=O) groups is 1. The van der Waals surface area contributed by atoms with Crippen LogP contribution in [0.4, 0.5) is 5.82 Å². The molecule has 6 heteroatoms. The fraction of sp³-hybridized carbons (Fsp3) is 0.125. The standard InChI is InChI=1S/C8H7N3O2S/c1-5-4-6(11-13-5)10-7(12)8-9-2-3-14-8/h2-4H,1H3,(H,10,11,12). The van der Waals surface area contributed by atoms with E-state index >= 15 is 0 Å². The Hall–Kier alpha value is -1.69. The Kier molecular flexibility index (Phi) is 2.28. The first kappa shape index (κ1) is 8.89. The molecular weight excluding hydrogens is 202 g/mol. The molecular formula is C8H7N3O2S. The van der Waals surface area contributed by atoms with Gasteiger partial charge in [-0.3, -0.25) is 4.79 Å². The van der Waals surface area contributed by atoms with Crippen molar-refractivity contribution < 1.29 is 9.32 Å². The van der Waals surface area contributed by atoms with E-state index in [1.807, 2.05) is 0 Å². The largest absolute Gasteiger partial charge is 0.360 e. The molecule has 0 aliphatic rings. The Balaban J connectivity index is 2.09. The highest BCUT2D eigenvalue weighted by Gasteiger charge is 2.10. The summed E-state index contributed by atoms with van der Waals surface area (Å²) in [5.41, 5.74) is 0. The van der Waals surface area contributed by atoms with Gasteiger partial charge in [0.15, 0.2) is 10.8 Å². The van der Waals surface area contributed by atoms with E-state index in [0.29, 0.717) is 16.6 Å². The van der Waals surface area contributed by atoms with E-state index in [2.05, 4.69) is 15.5 Å². The summed E-state index contributed by atoms with van der Waals surface area (Å²) in [7, 11) is 0. The molecule has 0 fully saturated rings. The second kappa shape index (κ2) is 3.59. The summed E-state index contributed by atoms with van der Waals surface area (Å²) >= 11 is 1.28. The average Bonchev–Trinajstić information content (AvgIpc) is 2.75. The Morgan fingerprint density at radius 3 is 3.07 bits per heavy atom. The van der Waals surface area contributed by atoms with Crippen molar-refractivity contribution in [2.75, 3.05) is 5.32 Å². The van der Waals surface area contributed by atoms with E-state index in [-0.39, 0.29) is 5.91 Å². The number of thiazole rings is 1. The normalized spacial score (nSPS) is 10.1. The van der Waals surface area contributed by atoms with E-state index < -0.39 is 0 Å². The predicted molar refractivity (Wildman–Crippen MR) is 51.3 cm³/mol. The molecule has 0 aromatic carbocycles. The molecule has 2 heterocycles. The van der Waals surface area contributed by atoms with Crippen molar-refractivity contribution in [3.63, 3.8) is 0 Å². The van der Waals surface area contributed by atoms with Crippen molar-refractivity contribution in [2.24, 2.45) is 0 Å². The van der Waals surface area contributed by atoms with Gasteiger partial charge in [0.2, 0.25) is 0 Å². The number of nitrogens with one attached hydrogen (secondary N) is 1. The molecule has 0 spiro atoms. The molecule has 2 aromatic rings. The zero-order valence-electron chi connectivity index (χ0n) is 7.35. The topological polar surface area (TPSA) is 68.0 Å². The van der Waals surface area contributed by atoms with Crippen LogP contribution >= 0.6 is 11.3 Å². The monoisotopic (exact) mass is 209 g/mol. The third-order valence-corrected chi connectivity index (χ3v) is 2.27. The van der Waals surface area contributed by atoms with Crippen LogP contribution in [-0.4, -0.2) is 16.0 Å². The minimum Gasteiger partial charge on any atom is -0.360 e. The van der Waals surface area contributed by atoms with Gasteiger partial charge in [0.05, 0.1) is 0 Å². The maximum absolute atomic E-state index is 11.4. The Morgan fingerprint density at radius 1 is 1.64 bits per heavy atom. The summed E-state index contributed by atoms with van der Waals surface area (Å²) in [6.07, 6.45) is 1.58. The van der Waals surface area contributed by atoms with Gasteiger partial charge in [-0.05, 0) is 6.92 Å². The maximum atomic E-state index is 11.4. The van der Waals surface area contributed by atoms with Gasteiger partial charge in [0.1, 0.15) is 5.76 Å². The van der Waals surface area contributed by atoms with E-state index in [0.717, 1.165) is 0 Å². The number of rotatable bonds is 2. The fourth-order valence-corrected chi connectivity index (χ4v) is 1.46. The summed E-state index contributed by atoms with van der Waals surface area (Å²) in [6, 6.07) is 1.64. The number of aromatic nitrogens is 2. The second-order valence-corrected chi connectivity index (χ2v) is 3.51. The average molecular weight is 209 g/mol. The number of hydrogen-bond donors (Lipinski definition) is 1. The lowest BCUT2D eigenvalue weighted by atomic mass is 10.5. The van der Waals surface area contributed by atoms with Crippen LogP contribution in [0.2, 0.25) is 0 Å². The molecule has 1 N–H and O–H groups in total. The fourth-order valence-electron chi connectivity index (χ4n) is 0.931. The van der Waals surface area contributed by atoms with Crippen LogP contribution in [0.3, 0.4) is 0 Å². The van der Waals surface area contributed by atoms with Crippen LogP contribution in [0, 0.1) is 6.92 Å². The third kappa shape index (κ3) is 1.80. The number of carbonyl (C=O) groups excluding carboxylic acids is 1. The van der Waals surface area contributed by atoms with Gasteiger partial charge >= 0.3 is 0 Å². The van der Waals surface area contributed by atoms with Crippen LogP contribution < -0.4 is 5.32 Å². The molecule has 1 amide bonds. The van der Waals surface area contributed by atoms with Crippen LogP contribution in [-0.2, 0) is 0 Å². The minimum atomic E-state index is -0.270. The Labute approximate surface area is 83.8 Å². The molecule has 0 aliphatic heterocycles. The Morgan fingerprint density at radius 2 is 2.50 bits per heavy atom. The minimum absolute atomic E-state index is 0.270. The molecule has 2 rings (SSSR count). The van der Waals surface area contributed by atoms with Crippen LogP contribution in [0.15, 0.2) is 22.2 Å². The van der Waals surface area contributed by atoms with Gasteiger partial charge in [-0.1, -0.05) is 5.16 Å². The summed E-state index contributed by atoms with van der Waals surface area (Å²) in [4.78, 5) is 15.3. The van der Waals surface area contributed by atoms with Gasteiger partial charge < -0.3 is 9.84 Å². The maximum Gasteiger partial charge on any atom is 0.285 e. The first-order chi connectivity index (χ1) is 6.75. The van der Waals surface area contributed by atoms with E-state index in [4.69, 9.17) is 4.52 Å². The van der Waals surface area contributed by atoms with Gasteiger partial charge in [-0.2, -0.15) is 0 Å². The first-order valence-corrected chi connectivity index (χ1v) is 4.78. The summed E-state index contributed by atoms with van der Waals surface area (Å²) in [5.74, 6) is 0.787. The Bertz CT molecular complexity index is 435.